The second kappa shape index (κ2) is 5.92. The fraction of sp³-hybridized carbons (Fsp3) is 0.250. The fourth-order valence-electron chi connectivity index (χ4n) is 1.89. The van der Waals surface area contributed by atoms with Gasteiger partial charge in [-0.3, -0.25) is 9.40 Å². The number of anilines is 1. The Kier molecular flexibility index (Phi) is 4.40. The van der Waals surface area contributed by atoms with Crippen molar-refractivity contribution in [3.05, 3.63) is 35.1 Å². The van der Waals surface area contributed by atoms with Crippen molar-refractivity contribution < 1.29 is 13.2 Å². The van der Waals surface area contributed by atoms with Gasteiger partial charge in [0.15, 0.2) is 0 Å². The molecule has 114 valence electrons. The molecule has 1 heterocycles. The van der Waals surface area contributed by atoms with Crippen molar-refractivity contribution in [1.82, 2.24) is 9.78 Å². The Morgan fingerprint density at radius 1 is 1.48 bits per heavy atom. The van der Waals surface area contributed by atoms with Crippen LogP contribution < -0.4 is 15.2 Å². The minimum Gasteiger partial charge on any atom is -0.495 e. The van der Waals surface area contributed by atoms with Gasteiger partial charge in [-0.1, -0.05) is 11.6 Å². The zero-order chi connectivity index (χ0) is 15.6. The molecule has 1 aromatic carbocycles. The average Bonchev–Trinajstić information content (AvgIpc) is 2.82. The van der Waals surface area contributed by atoms with E-state index >= 15 is 0 Å². The van der Waals surface area contributed by atoms with Crippen molar-refractivity contribution in [3.8, 4) is 5.75 Å². The molecule has 0 spiro atoms. The largest absolute Gasteiger partial charge is 0.495 e. The Labute approximate surface area is 127 Å². The Morgan fingerprint density at radius 2 is 2.19 bits per heavy atom. The molecule has 1 aromatic heterocycles. The van der Waals surface area contributed by atoms with E-state index in [0.29, 0.717) is 11.3 Å². The standard InChI is InChI=1S/C12H15ClN4O3S/c1-17-7-10(6-15-17)16-21(18,19)11-4-9(13)3-8(5-14)12(11)20-2/h3-4,6-7,16H,5,14H2,1-2H3. The third-order valence-electron chi connectivity index (χ3n) is 2.77. The van der Waals surface area contributed by atoms with E-state index in [1.807, 2.05) is 0 Å². The molecule has 0 aliphatic rings. The van der Waals surface area contributed by atoms with E-state index in [0.717, 1.165) is 0 Å². The number of aryl methyl sites for hydroxylation is 1. The number of aromatic nitrogens is 2. The SMILES string of the molecule is COc1c(CN)cc(Cl)cc1S(=O)(=O)Nc1cnn(C)c1. The molecule has 9 heteroatoms. The quantitative estimate of drug-likeness (QED) is 0.862. The van der Waals surface area contributed by atoms with Crippen LogP contribution in [0.3, 0.4) is 0 Å². The molecule has 0 aliphatic carbocycles. The normalized spacial score (nSPS) is 11.4. The first-order chi connectivity index (χ1) is 9.87. The lowest BCUT2D eigenvalue weighted by Gasteiger charge is -2.14. The predicted molar refractivity (Wildman–Crippen MR) is 79.9 cm³/mol. The van der Waals surface area contributed by atoms with Crippen molar-refractivity contribution in [2.75, 3.05) is 11.8 Å². The number of nitrogens with zero attached hydrogens (tertiary/aromatic N) is 2. The van der Waals surface area contributed by atoms with Gasteiger partial charge in [0.2, 0.25) is 0 Å². The van der Waals surface area contributed by atoms with Gasteiger partial charge in [0.05, 0.1) is 19.0 Å². The summed E-state index contributed by atoms with van der Waals surface area (Å²) in [6, 6.07) is 2.89. The molecule has 0 saturated heterocycles. The summed E-state index contributed by atoms with van der Waals surface area (Å²) in [5.74, 6) is 0.179. The molecule has 2 rings (SSSR count). The molecule has 7 nitrogen and oxygen atoms in total. The maximum atomic E-state index is 12.5. The molecule has 3 N–H and O–H groups in total. The molecule has 2 aromatic rings. The Bertz CT molecular complexity index is 758. The number of sulfonamides is 1. The van der Waals surface area contributed by atoms with Crippen molar-refractivity contribution in [2.45, 2.75) is 11.4 Å². The number of ether oxygens (including phenoxy) is 1. The first-order valence-electron chi connectivity index (χ1n) is 5.95. The fourth-order valence-corrected chi connectivity index (χ4v) is 3.46. The Morgan fingerprint density at radius 3 is 2.71 bits per heavy atom. The van der Waals surface area contributed by atoms with Gasteiger partial charge in [-0.15, -0.1) is 0 Å². The summed E-state index contributed by atoms with van der Waals surface area (Å²) in [7, 11) is -0.801. The molecular formula is C12H15ClN4O3S. The summed E-state index contributed by atoms with van der Waals surface area (Å²) >= 11 is 5.95. The molecule has 0 bridgehead atoms. The van der Waals surface area contributed by atoms with E-state index in [1.165, 1.54) is 24.1 Å². The molecule has 0 radical (unpaired) electrons. The lowest BCUT2D eigenvalue weighted by atomic mass is 10.2. The topological polar surface area (TPSA) is 99.2 Å². The smallest absolute Gasteiger partial charge is 0.265 e. The van der Waals surface area contributed by atoms with Crippen molar-refractivity contribution in [1.29, 1.82) is 0 Å². The molecule has 0 amide bonds. The van der Waals surface area contributed by atoms with Crippen LogP contribution in [0.25, 0.3) is 0 Å². The number of hydrogen-bond acceptors (Lipinski definition) is 5. The van der Waals surface area contributed by atoms with Crippen LogP contribution in [0.1, 0.15) is 5.56 Å². The van der Waals surface area contributed by atoms with Crippen molar-refractivity contribution in [2.24, 2.45) is 12.8 Å². The van der Waals surface area contributed by atoms with Crippen LogP contribution in [-0.4, -0.2) is 25.3 Å². The highest BCUT2D eigenvalue weighted by atomic mass is 35.5. The third-order valence-corrected chi connectivity index (χ3v) is 4.37. The van der Waals surface area contributed by atoms with Gasteiger partial charge in [-0.25, -0.2) is 8.42 Å². The van der Waals surface area contributed by atoms with E-state index in [-0.39, 0.29) is 22.2 Å². The Hall–Kier alpha value is -1.77. The molecule has 0 aliphatic heterocycles. The van der Waals surface area contributed by atoms with Crippen LogP contribution in [0.5, 0.6) is 5.75 Å². The second-order valence-corrected chi connectivity index (χ2v) is 6.40. The van der Waals surface area contributed by atoms with Gasteiger partial charge in [0, 0.05) is 30.4 Å². The molecule has 0 unspecified atom stereocenters. The van der Waals surface area contributed by atoms with E-state index in [2.05, 4.69) is 9.82 Å². The maximum absolute atomic E-state index is 12.5. The molecule has 0 saturated carbocycles. The van der Waals surface area contributed by atoms with Gasteiger partial charge in [-0.2, -0.15) is 5.10 Å². The zero-order valence-electron chi connectivity index (χ0n) is 11.5. The van der Waals surface area contributed by atoms with E-state index in [1.54, 1.807) is 19.3 Å². The van der Waals surface area contributed by atoms with Gasteiger partial charge < -0.3 is 10.5 Å². The van der Waals surface area contributed by atoms with Gasteiger partial charge in [0.1, 0.15) is 10.6 Å². The van der Waals surface area contributed by atoms with E-state index < -0.39 is 10.0 Å². The summed E-state index contributed by atoms with van der Waals surface area (Å²) in [5.41, 5.74) is 6.45. The van der Waals surface area contributed by atoms with Crippen LogP contribution in [0, 0.1) is 0 Å². The lowest BCUT2D eigenvalue weighted by Crippen LogP contribution is -2.15. The lowest BCUT2D eigenvalue weighted by molar-refractivity contribution is 0.398. The molecule has 0 atom stereocenters. The predicted octanol–water partition coefficient (Wildman–Crippen LogP) is 1.34. The third kappa shape index (κ3) is 3.29. The number of methoxy groups -OCH3 is 1. The summed E-state index contributed by atoms with van der Waals surface area (Å²) in [4.78, 5) is -0.0678. The first kappa shape index (κ1) is 15.6. The second-order valence-electron chi connectivity index (χ2n) is 4.31. The van der Waals surface area contributed by atoms with E-state index in [4.69, 9.17) is 22.1 Å². The van der Waals surface area contributed by atoms with Crippen LogP contribution in [0.4, 0.5) is 5.69 Å². The minimum absolute atomic E-state index is 0.0678. The number of halogens is 1. The van der Waals surface area contributed by atoms with Gasteiger partial charge in [0.25, 0.3) is 10.0 Å². The summed E-state index contributed by atoms with van der Waals surface area (Å²) in [6.07, 6.45) is 2.94. The van der Waals surface area contributed by atoms with Crippen molar-refractivity contribution >= 4 is 27.3 Å². The summed E-state index contributed by atoms with van der Waals surface area (Å²) in [6.45, 7) is 0.110. The first-order valence-corrected chi connectivity index (χ1v) is 7.81. The highest BCUT2D eigenvalue weighted by molar-refractivity contribution is 7.92. The Balaban J connectivity index is 2.51. The van der Waals surface area contributed by atoms with Crippen molar-refractivity contribution in [3.63, 3.8) is 0 Å². The maximum Gasteiger partial charge on any atom is 0.265 e. The minimum atomic E-state index is -3.87. The number of rotatable bonds is 5. The zero-order valence-corrected chi connectivity index (χ0v) is 13.1. The van der Waals surface area contributed by atoms with Gasteiger partial charge >= 0.3 is 0 Å². The van der Waals surface area contributed by atoms with Gasteiger partial charge in [-0.05, 0) is 12.1 Å². The van der Waals surface area contributed by atoms with Crippen LogP contribution >= 0.6 is 11.6 Å². The van der Waals surface area contributed by atoms with Crippen LogP contribution in [0.2, 0.25) is 5.02 Å². The molecule has 0 fully saturated rings. The van der Waals surface area contributed by atoms with Crippen LogP contribution in [0.15, 0.2) is 29.4 Å². The molecule has 21 heavy (non-hydrogen) atoms. The summed E-state index contributed by atoms with van der Waals surface area (Å²) < 4.78 is 34.0. The summed E-state index contributed by atoms with van der Waals surface area (Å²) in [5, 5.41) is 4.17. The number of nitrogens with two attached hydrogens (primary N) is 1. The van der Waals surface area contributed by atoms with E-state index in [9.17, 15) is 8.42 Å². The number of nitrogens with one attached hydrogen (secondary N) is 1. The highest BCUT2D eigenvalue weighted by Gasteiger charge is 2.23. The number of benzene rings is 1. The highest BCUT2D eigenvalue weighted by Crippen LogP contribution is 2.32. The average molecular weight is 331 g/mol. The number of hydrogen-bond donors (Lipinski definition) is 2. The monoisotopic (exact) mass is 330 g/mol. The molecular weight excluding hydrogens is 316 g/mol. The van der Waals surface area contributed by atoms with Crippen LogP contribution in [-0.2, 0) is 23.6 Å².